The van der Waals surface area contributed by atoms with E-state index in [-0.39, 0.29) is 24.2 Å². The molecule has 5 heteroatoms. The van der Waals surface area contributed by atoms with Crippen LogP contribution in [0.4, 0.5) is 5.69 Å². The van der Waals surface area contributed by atoms with Crippen molar-refractivity contribution in [3.05, 3.63) is 95.6 Å². The molecule has 0 saturated heterocycles. The van der Waals surface area contributed by atoms with Gasteiger partial charge in [-0.05, 0) is 48.2 Å². The first-order chi connectivity index (χ1) is 14.6. The Morgan fingerprint density at radius 2 is 1.57 bits per heavy atom. The van der Waals surface area contributed by atoms with Gasteiger partial charge in [0.05, 0.1) is 12.1 Å². The van der Waals surface area contributed by atoms with Crippen LogP contribution in [0, 0.1) is 0 Å². The Kier molecular flexibility index (Phi) is 4.29. The first-order valence-corrected chi connectivity index (χ1v) is 9.68. The Morgan fingerprint density at radius 3 is 2.17 bits per heavy atom. The van der Waals surface area contributed by atoms with Crippen LogP contribution in [0.2, 0.25) is 0 Å². The number of allylic oxidation sites excluding steroid dienone is 3. The Bertz CT molecular complexity index is 1220. The summed E-state index contributed by atoms with van der Waals surface area (Å²) in [4.78, 5) is 39.4. The lowest BCUT2D eigenvalue weighted by Gasteiger charge is -2.27. The molecule has 0 unspecified atom stereocenters. The quantitative estimate of drug-likeness (QED) is 0.361. The van der Waals surface area contributed by atoms with Crippen molar-refractivity contribution in [2.45, 2.75) is 12.8 Å². The molecule has 146 valence electrons. The second-order valence-corrected chi connectivity index (χ2v) is 7.26. The number of nitrogens with zero attached hydrogens (tertiary/aromatic N) is 1. The topological polar surface area (TPSA) is 63.7 Å². The second-order valence-electron chi connectivity index (χ2n) is 7.26. The van der Waals surface area contributed by atoms with Gasteiger partial charge < -0.3 is 4.74 Å². The van der Waals surface area contributed by atoms with Crippen molar-refractivity contribution in [2.24, 2.45) is 0 Å². The number of ether oxygens (including phenoxy) is 1. The fraction of sp³-hybridized carbons (Fsp3) is 0.0800. The zero-order valence-corrected chi connectivity index (χ0v) is 16.0. The summed E-state index contributed by atoms with van der Waals surface area (Å²) < 4.78 is 5.38. The molecule has 5 nitrogen and oxygen atoms in total. The van der Waals surface area contributed by atoms with Gasteiger partial charge in [-0.1, -0.05) is 48.1 Å². The maximum Gasteiger partial charge on any atom is 0.315 e. The van der Waals surface area contributed by atoms with Gasteiger partial charge in [0.1, 0.15) is 5.75 Å². The predicted octanol–water partition coefficient (Wildman–Crippen LogP) is 4.82. The van der Waals surface area contributed by atoms with Crippen LogP contribution in [0.3, 0.4) is 0 Å². The average molecular weight is 395 g/mol. The molecular formula is C25H17NO4. The van der Waals surface area contributed by atoms with Crippen molar-refractivity contribution in [2.75, 3.05) is 4.90 Å². The second kappa shape index (κ2) is 7.12. The third-order valence-corrected chi connectivity index (χ3v) is 5.32. The van der Waals surface area contributed by atoms with Crippen molar-refractivity contribution < 1.29 is 19.1 Å². The molecule has 3 aromatic carbocycles. The Labute approximate surface area is 172 Å². The van der Waals surface area contributed by atoms with Gasteiger partial charge in [-0.2, -0.15) is 0 Å². The van der Waals surface area contributed by atoms with E-state index in [4.69, 9.17) is 4.74 Å². The lowest BCUT2D eigenvalue weighted by Crippen LogP contribution is -2.40. The number of carbonyl (C=O) groups excluding carboxylic acids is 3. The van der Waals surface area contributed by atoms with Gasteiger partial charge in [-0.15, -0.1) is 0 Å². The monoisotopic (exact) mass is 395 g/mol. The number of anilines is 1. The molecule has 0 aromatic heterocycles. The minimum absolute atomic E-state index is 0.235. The molecule has 0 fully saturated rings. The SMILES string of the molecule is O=C(CC1=CC=CC1)Oc1ccc(N2C(=O)c3cccc4cccc(c34)C2=O)cc1. The van der Waals surface area contributed by atoms with Gasteiger partial charge in [-0.25, -0.2) is 4.90 Å². The van der Waals surface area contributed by atoms with Crippen LogP contribution in [-0.2, 0) is 4.79 Å². The van der Waals surface area contributed by atoms with E-state index in [1.165, 1.54) is 0 Å². The molecule has 0 spiro atoms. The standard InChI is InChI=1S/C25H17NO4/c27-22(15-16-5-1-2-6-16)30-19-13-11-18(12-14-19)26-24(28)20-9-3-7-17-8-4-10-21(23(17)20)25(26)29/h1-5,7-14H,6,15H2. The van der Waals surface area contributed by atoms with E-state index >= 15 is 0 Å². The highest BCUT2D eigenvalue weighted by Crippen LogP contribution is 2.33. The van der Waals surface area contributed by atoms with Crippen molar-refractivity contribution in [1.29, 1.82) is 0 Å². The first kappa shape index (κ1) is 18.1. The lowest BCUT2D eigenvalue weighted by atomic mass is 9.94. The van der Waals surface area contributed by atoms with E-state index in [2.05, 4.69) is 0 Å². The fourth-order valence-corrected chi connectivity index (χ4v) is 3.90. The Morgan fingerprint density at radius 1 is 0.900 bits per heavy atom. The van der Waals surface area contributed by atoms with Crippen LogP contribution in [0.5, 0.6) is 5.75 Å². The van der Waals surface area contributed by atoms with Gasteiger partial charge in [0.2, 0.25) is 0 Å². The molecule has 0 N–H and O–H groups in total. The zero-order chi connectivity index (χ0) is 20.7. The summed E-state index contributed by atoms with van der Waals surface area (Å²) in [6, 6.07) is 17.3. The van der Waals surface area contributed by atoms with Crippen LogP contribution < -0.4 is 9.64 Å². The smallest absolute Gasteiger partial charge is 0.315 e. The van der Waals surface area contributed by atoms with Gasteiger partial charge >= 0.3 is 5.97 Å². The van der Waals surface area contributed by atoms with Gasteiger partial charge in [-0.3, -0.25) is 14.4 Å². The lowest BCUT2D eigenvalue weighted by molar-refractivity contribution is -0.133. The van der Waals surface area contributed by atoms with Gasteiger partial charge in [0, 0.05) is 16.5 Å². The summed E-state index contributed by atoms with van der Waals surface area (Å²) in [5.41, 5.74) is 2.43. The summed E-state index contributed by atoms with van der Waals surface area (Å²) in [6.45, 7) is 0. The number of carbonyl (C=O) groups is 3. The van der Waals surface area contributed by atoms with Crippen molar-refractivity contribution in [1.82, 2.24) is 0 Å². The molecule has 1 aliphatic heterocycles. The normalized spacial score (nSPS) is 14.9. The van der Waals surface area contributed by atoms with Crippen LogP contribution in [-0.4, -0.2) is 17.8 Å². The summed E-state index contributed by atoms with van der Waals surface area (Å²) in [5, 5.41) is 1.55. The highest BCUT2D eigenvalue weighted by Gasteiger charge is 2.33. The molecule has 30 heavy (non-hydrogen) atoms. The molecule has 3 aromatic rings. The Hall–Kier alpha value is -3.99. The number of amides is 2. The molecule has 2 aliphatic rings. The molecule has 0 radical (unpaired) electrons. The first-order valence-electron chi connectivity index (χ1n) is 9.68. The van der Waals surface area contributed by atoms with E-state index in [9.17, 15) is 14.4 Å². The molecule has 0 bridgehead atoms. The van der Waals surface area contributed by atoms with Crippen molar-refractivity contribution in [3.63, 3.8) is 0 Å². The van der Waals surface area contributed by atoms with Crippen molar-refractivity contribution in [3.8, 4) is 5.75 Å². The highest BCUT2D eigenvalue weighted by molar-refractivity contribution is 6.35. The van der Waals surface area contributed by atoms with E-state index in [0.29, 0.717) is 28.0 Å². The molecule has 0 saturated carbocycles. The van der Waals surface area contributed by atoms with Crippen LogP contribution in [0.25, 0.3) is 10.8 Å². The summed E-state index contributed by atoms with van der Waals surface area (Å²) >= 11 is 0. The maximum atomic E-state index is 13.1. The van der Waals surface area contributed by atoms with Gasteiger partial charge in [0.25, 0.3) is 11.8 Å². The van der Waals surface area contributed by atoms with Gasteiger partial charge in [0.15, 0.2) is 0 Å². The molecule has 0 atom stereocenters. The van der Waals surface area contributed by atoms with Crippen LogP contribution in [0.15, 0.2) is 84.5 Å². The third-order valence-electron chi connectivity index (χ3n) is 5.32. The Balaban J connectivity index is 1.40. The molecule has 1 heterocycles. The largest absolute Gasteiger partial charge is 0.426 e. The van der Waals surface area contributed by atoms with E-state index < -0.39 is 0 Å². The highest BCUT2D eigenvalue weighted by atomic mass is 16.5. The molecule has 5 rings (SSSR count). The van der Waals surface area contributed by atoms with Crippen LogP contribution >= 0.6 is 0 Å². The van der Waals surface area contributed by atoms with Crippen molar-refractivity contribution >= 4 is 34.2 Å². The molecule has 2 amide bonds. The summed E-state index contributed by atoms with van der Waals surface area (Å²) in [5.74, 6) is -0.706. The minimum Gasteiger partial charge on any atom is -0.426 e. The summed E-state index contributed by atoms with van der Waals surface area (Å²) in [7, 11) is 0. The fourth-order valence-electron chi connectivity index (χ4n) is 3.90. The number of hydrogen-bond acceptors (Lipinski definition) is 4. The number of benzene rings is 3. The van der Waals surface area contributed by atoms with Crippen LogP contribution in [0.1, 0.15) is 33.6 Å². The number of rotatable bonds is 4. The molecule has 1 aliphatic carbocycles. The zero-order valence-electron chi connectivity index (χ0n) is 16.0. The number of hydrogen-bond donors (Lipinski definition) is 0. The van der Waals surface area contributed by atoms with E-state index in [0.717, 1.165) is 22.3 Å². The number of esters is 1. The molecular weight excluding hydrogens is 378 g/mol. The summed E-state index contributed by atoms with van der Waals surface area (Å²) in [6.07, 6.45) is 6.82. The third kappa shape index (κ3) is 3.01. The minimum atomic E-state index is -0.366. The average Bonchev–Trinajstić information content (AvgIpc) is 3.26. The van der Waals surface area contributed by atoms with E-state index in [1.54, 1.807) is 36.4 Å². The predicted molar refractivity (Wildman–Crippen MR) is 114 cm³/mol. The van der Waals surface area contributed by atoms with E-state index in [1.807, 2.05) is 42.5 Å². The number of imide groups is 1. The maximum absolute atomic E-state index is 13.1.